The van der Waals surface area contributed by atoms with Gasteiger partial charge in [0.1, 0.15) is 11.3 Å². The lowest BCUT2D eigenvalue weighted by molar-refractivity contribution is -0.120. The number of ether oxygens (including phenoxy) is 1. The first-order valence-corrected chi connectivity index (χ1v) is 10.8. The van der Waals surface area contributed by atoms with Crippen LogP contribution in [0.4, 0.5) is 0 Å². The molecule has 31 heavy (non-hydrogen) atoms. The highest BCUT2D eigenvalue weighted by Gasteiger charge is 2.51. The summed E-state index contributed by atoms with van der Waals surface area (Å²) in [5.74, 6) is 0.997. The first kappa shape index (κ1) is 19.7. The van der Waals surface area contributed by atoms with Crippen LogP contribution in [0.5, 0.6) is 5.75 Å². The SMILES string of the molecule is COc1ccc([C@H]2N(C(=O)c3cc4cc(C)ccc4o3)CCC[C@]23CCC(=O)N3)cc1. The van der Waals surface area contributed by atoms with Crippen molar-refractivity contribution in [2.75, 3.05) is 13.7 Å². The van der Waals surface area contributed by atoms with Crippen LogP contribution in [0.3, 0.4) is 0 Å². The van der Waals surface area contributed by atoms with Gasteiger partial charge in [0.2, 0.25) is 5.91 Å². The number of fused-ring (bicyclic) bond motifs is 1. The highest BCUT2D eigenvalue weighted by Crippen LogP contribution is 2.45. The van der Waals surface area contributed by atoms with Gasteiger partial charge in [-0.25, -0.2) is 0 Å². The number of benzene rings is 2. The Hall–Kier alpha value is -3.28. The molecule has 2 aliphatic heterocycles. The predicted molar refractivity (Wildman–Crippen MR) is 117 cm³/mol. The fraction of sp³-hybridized carbons (Fsp3) is 0.360. The molecule has 160 valence electrons. The number of carbonyl (C=O) groups excluding carboxylic acids is 2. The van der Waals surface area contributed by atoms with E-state index in [4.69, 9.17) is 9.15 Å². The molecule has 0 saturated carbocycles. The molecule has 5 rings (SSSR count). The number of piperidine rings is 1. The van der Waals surface area contributed by atoms with E-state index >= 15 is 0 Å². The van der Waals surface area contributed by atoms with Gasteiger partial charge >= 0.3 is 0 Å². The van der Waals surface area contributed by atoms with Gasteiger partial charge in [-0.1, -0.05) is 23.8 Å². The second-order valence-electron chi connectivity index (χ2n) is 8.63. The summed E-state index contributed by atoms with van der Waals surface area (Å²) < 4.78 is 11.2. The van der Waals surface area contributed by atoms with Crippen molar-refractivity contribution in [3.8, 4) is 5.75 Å². The van der Waals surface area contributed by atoms with E-state index in [1.54, 1.807) is 7.11 Å². The molecule has 0 radical (unpaired) electrons. The standard InChI is InChI=1S/C25H26N2O4/c1-16-4-9-20-18(14-16)15-21(31-20)24(29)27-13-3-11-25(12-10-22(28)26-25)23(27)17-5-7-19(30-2)8-6-17/h4-9,14-15,23H,3,10-13H2,1-2H3,(H,26,28)/t23-,25+/m1/s1. The lowest BCUT2D eigenvalue weighted by Crippen LogP contribution is -2.58. The Kier molecular flexibility index (Phi) is 4.73. The summed E-state index contributed by atoms with van der Waals surface area (Å²) >= 11 is 0. The van der Waals surface area contributed by atoms with Gasteiger partial charge in [-0.15, -0.1) is 0 Å². The van der Waals surface area contributed by atoms with Crippen molar-refractivity contribution in [1.82, 2.24) is 10.2 Å². The molecule has 2 amide bonds. The first-order valence-electron chi connectivity index (χ1n) is 10.8. The van der Waals surface area contributed by atoms with Gasteiger partial charge in [0, 0.05) is 18.4 Å². The van der Waals surface area contributed by atoms with Gasteiger partial charge < -0.3 is 19.4 Å². The summed E-state index contributed by atoms with van der Waals surface area (Å²) in [4.78, 5) is 27.8. The second kappa shape index (κ2) is 7.45. The molecule has 2 aliphatic rings. The highest BCUT2D eigenvalue weighted by molar-refractivity contribution is 5.96. The monoisotopic (exact) mass is 418 g/mol. The van der Waals surface area contributed by atoms with Crippen molar-refractivity contribution in [2.24, 2.45) is 0 Å². The topological polar surface area (TPSA) is 71.8 Å². The number of amides is 2. The molecule has 1 N–H and O–H groups in total. The van der Waals surface area contributed by atoms with E-state index in [1.165, 1.54) is 0 Å². The van der Waals surface area contributed by atoms with Gasteiger partial charge in [-0.2, -0.15) is 0 Å². The minimum atomic E-state index is -0.456. The summed E-state index contributed by atoms with van der Waals surface area (Å²) in [5, 5.41) is 4.14. The van der Waals surface area contributed by atoms with Crippen LogP contribution in [-0.2, 0) is 4.79 Å². The minimum absolute atomic E-state index is 0.0482. The smallest absolute Gasteiger partial charge is 0.290 e. The Balaban J connectivity index is 1.56. The fourth-order valence-corrected chi connectivity index (χ4v) is 5.17. The van der Waals surface area contributed by atoms with Crippen molar-refractivity contribution >= 4 is 22.8 Å². The quantitative estimate of drug-likeness (QED) is 0.685. The molecule has 6 nitrogen and oxygen atoms in total. The van der Waals surface area contributed by atoms with Gasteiger partial charge in [0.15, 0.2) is 5.76 Å². The molecule has 2 fully saturated rings. The zero-order valence-corrected chi connectivity index (χ0v) is 17.8. The molecular weight excluding hydrogens is 392 g/mol. The number of aryl methyl sites for hydroxylation is 1. The van der Waals surface area contributed by atoms with Crippen LogP contribution in [-0.4, -0.2) is 35.9 Å². The Morgan fingerprint density at radius 1 is 1.16 bits per heavy atom. The van der Waals surface area contributed by atoms with E-state index in [2.05, 4.69) is 5.32 Å². The van der Waals surface area contributed by atoms with E-state index in [1.807, 2.05) is 60.4 Å². The molecule has 1 spiro atoms. The summed E-state index contributed by atoms with van der Waals surface area (Å²) in [6, 6.07) is 15.2. The maximum atomic E-state index is 13.7. The largest absolute Gasteiger partial charge is 0.497 e. The van der Waals surface area contributed by atoms with E-state index in [-0.39, 0.29) is 17.9 Å². The van der Waals surface area contributed by atoms with Crippen molar-refractivity contribution in [3.05, 3.63) is 65.4 Å². The summed E-state index contributed by atoms with van der Waals surface area (Å²) in [6.07, 6.45) is 2.88. The van der Waals surface area contributed by atoms with E-state index < -0.39 is 5.54 Å². The van der Waals surface area contributed by atoms with Crippen LogP contribution in [0.25, 0.3) is 11.0 Å². The van der Waals surface area contributed by atoms with E-state index in [0.29, 0.717) is 30.7 Å². The van der Waals surface area contributed by atoms with Crippen LogP contribution in [0, 0.1) is 6.92 Å². The lowest BCUT2D eigenvalue weighted by atomic mass is 9.76. The number of methoxy groups -OCH3 is 1. The Labute approximate surface area is 181 Å². The van der Waals surface area contributed by atoms with Gasteiger partial charge in [-0.05, 0) is 62.1 Å². The molecule has 0 bridgehead atoms. The summed E-state index contributed by atoms with van der Waals surface area (Å²) in [6.45, 7) is 2.63. The first-order chi connectivity index (χ1) is 15.0. The number of likely N-dealkylation sites (tertiary alicyclic amines) is 1. The molecule has 0 aliphatic carbocycles. The molecule has 2 saturated heterocycles. The third kappa shape index (κ3) is 3.36. The number of nitrogens with one attached hydrogen (secondary N) is 1. The summed E-state index contributed by atoms with van der Waals surface area (Å²) in [7, 11) is 1.63. The van der Waals surface area contributed by atoms with Crippen LogP contribution in [0.15, 0.2) is 52.9 Å². The second-order valence-corrected chi connectivity index (χ2v) is 8.63. The third-order valence-electron chi connectivity index (χ3n) is 6.62. The van der Waals surface area contributed by atoms with Crippen LogP contribution in [0.1, 0.15) is 53.4 Å². The van der Waals surface area contributed by atoms with Crippen molar-refractivity contribution in [3.63, 3.8) is 0 Å². The fourth-order valence-electron chi connectivity index (χ4n) is 5.17. The maximum absolute atomic E-state index is 13.7. The third-order valence-corrected chi connectivity index (χ3v) is 6.62. The van der Waals surface area contributed by atoms with Gasteiger partial charge in [0.25, 0.3) is 5.91 Å². The molecule has 6 heteroatoms. The number of furan rings is 1. The Bertz CT molecular complexity index is 1150. The Morgan fingerprint density at radius 3 is 2.68 bits per heavy atom. The molecule has 3 aromatic rings. The average Bonchev–Trinajstić information content (AvgIpc) is 3.36. The maximum Gasteiger partial charge on any atom is 0.290 e. The van der Waals surface area contributed by atoms with Crippen molar-refractivity contribution in [2.45, 2.75) is 44.2 Å². The average molecular weight is 418 g/mol. The minimum Gasteiger partial charge on any atom is -0.497 e. The van der Waals surface area contributed by atoms with Crippen LogP contribution >= 0.6 is 0 Å². The number of carbonyl (C=O) groups is 2. The zero-order valence-electron chi connectivity index (χ0n) is 17.8. The molecular formula is C25H26N2O4. The van der Waals surface area contributed by atoms with Crippen molar-refractivity contribution < 1.29 is 18.7 Å². The van der Waals surface area contributed by atoms with Crippen LogP contribution < -0.4 is 10.1 Å². The number of hydrogen-bond acceptors (Lipinski definition) is 4. The number of rotatable bonds is 3. The molecule has 3 heterocycles. The van der Waals surface area contributed by atoms with Gasteiger partial charge in [0.05, 0.1) is 18.7 Å². The van der Waals surface area contributed by atoms with E-state index in [0.717, 1.165) is 35.1 Å². The van der Waals surface area contributed by atoms with E-state index in [9.17, 15) is 9.59 Å². The summed E-state index contributed by atoms with van der Waals surface area (Å²) in [5.41, 5.74) is 2.36. The lowest BCUT2D eigenvalue weighted by Gasteiger charge is -2.48. The number of hydrogen-bond donors (Lipinski definition) is 1. The van der Waals surface area contributed by atoms with Crippen LogP contribution in [0.2, 0.25) is 0 Å². The normalized spacial score (nSPS) is 23.4. The molecule has 0 unspecified atom stereocenters. The molecule has 1 aromatic heterocycles. The number of nitrogens with zero attached hydrogens (tertiary/aromatic N) is 1. The predicted octanol–water partition coefficient (Wildman–Crippen LogP) is 4.38. The highest BCUT2D eigenvalue weighted by atomic mass is 16.5. The van der Waals surface area contributed by atoms with Crippen molar-refractivity contribution in [1.29, 1.82) is 0 Å². The zero-order chi connectivity index (χ0) is 21.6. The molecule has 2 atom stereocenters. The van der Waals surface area contributed by atoms with Gasteiger partial charge in [-0.3, -0.25) is 9.59 Å². The molecule has 2 aromatic carbocycles. The Morgan fingerprint density at radius 2 is 1.97 bits per heavy atom.